The molecular formula is C14H21N3O2. The van der Waals surface area contributed by atoms with Gasteiger partial charge in [0.1, 0.15) is 0 Å². The van der Waals surface area contributed by atoms with Gasteiger partial charge in [-0.15, -0.1) is 0 Å². The summed E-state index contributed by atoms with van der Waals surface area (Å²) in [7, 11) is 4.04. The number of carboxylic acid groups (broad SMARTS) is 1. The molecule has 1 aliphatic rings. The van der Waals surface area contributed by atoms with Gasteiger partial charge in [-0.2, -0.15) is 0 Å². The SMILES string of the molecule is CN1CCCC(N(C)c2cc(N)ccc2C(=O)O)C1. The molecule has 0 aliphatic carbocycles. The van der Waals surface area contributed by atoms with E-state index in [0.29, 0.717) is 23.0 Å². The first kappa shape index (κ1) is 13.7. The number of anilines is 2. The van der Waals surface area contributed by atoms with Gasteiger partial charge in [-0.05, 0) is 44.6 Å². The topological polar surface area (TPSA) is 69.8 Å². The van der Waals surface area contributed by atoms with E-state index in [0.717, 1.165) is 25.9 Å². The number of piperidine rings is 1. The van der Waals surface area contributed by atoms with Crippen LogP contribution in [0.5, 0.6) is 0 Å². The number of carboxylic acids is 1. The second-order valence-corrected chi connectivity index (χ2v) is 5.25. The Labute approximate surface area is 113 Å². The summed E-state index contributed by atoms with van der Waals surface area (Å²) in [5, 5.41) is 9.28. The van der Waals surface area contributed by atoms with Crippen LogP contribution >= 0.6 is 0 Å². The lowest BCUT2D eigenvalue weighted by molar-refractivity contribution is 0.0697. The quantitative estimate of drug-likeness (QED) is 0.809. The van der Waals surface area contributed by atoms with Crippen molar-refractivity contribution in [3.8, 4) is 0 Å². The van der Waals surface area contributed by atoms with Crippen molar-refractivity contribution >= 4 is 17.3 Å². The highest BCUT2D eigenvalue weighted by Crippen LogP contribution is 2.27. The molecule has 0 amide bonds. The molecule has 0 radical (unpaired) electrons. The second kappa shape index (κ2) is 5.48. The van der Waals surface area contributed by atoms with Crippen LogP contribution in [-0.2, 0) is 0 Å². The molecule has 1 heterocycles. The Morgan fingerprint density at radius 2 is 2.26 bits per heavy atom. The molecule has 5 nitrogen and oxygen atoms in total. The summed E-state index contributed by atoms with van der Waals surface area (Å²) < 4.78 is 0. The summed E-state index contributed by atoms with van der Waals surface area (Å²) in [5.41, 5.74) is 7.40. The number of benzene rings is 1. The minimum absolute atomic E-state index is 0.310. The number of carbonyl (C=O) groups is 1. The average molecular weight is 263 g/mol. The number of nitrogen functional groups attached to an aromatic ring is 1. The number of aromatic carboxylic acids is 1. The number of nitrogens with zero attached hydrogens (tertiary/aromatic N) is 2. The lowest BCUT2D eigenvalue weighted by Crippen LogP contribution is -2.45. The predicted molar refractivity (Wildman–Crippen MR) is 76.7 cm³/mol. The molecule has 0 spiro atoms. The van der Waals surface area contributed by atoms with Gasteiger partial charge in [0.25, 0.3) is 0 Å². The van der Waals surface area contributed by atoms with Gasteiger partial charge in [0.15, 0.2) is 0 Å². The molecular weight excluding hydrogens is 242 g/mol. The first-order valence-electron chi connectivity index (χ1n) is 6.53. The van der Waals surface area contributed by atoms with Crippen LogP contribution in [0, 0.1) is 0 Å². The minimum Gasteiger partial charge on any atom is -0.478 e. The highest BCUT2D eigenvalue weighted by molar-refractivity contribution is 5.95. The zero-order valence-electron chi connectivity index (χ0n) is 11.5. The summed E-state index contributed by atoms with van der Waals surface area (Å²) in [4.78, 5) is 15.6. The van der Waals surface area contributed by atoms with E-state index in [9.17, 15) is 9.90 Å². The molecule has 3 N–H and O–H groups in total. The normalized spacial score (nSPS) is 20.2. The molecule has 5 heteroatoms. The van der Waals surface area contributed by atoms with Crippen molar-refractivity contribution in [1.29, 1.82) is 0 Å². The molecule has 19 heavy (non-hydrogen) atoms. The van der Waals surface area contributed by atoms with E-state index < -0.39 is 5.97 Å². The van der Waals surface area contributed by atoms with E-state index >= 15 is 0 Å². The Morgan fingerprint density at radius 1 is 1.53 bits per heavy atom. The van der Waals surface area contributed by atoms with E-state index in [4.69, 9.17) is 5.73 Å². The molecule has 1 unspecified atom stereocenters. The van der Waals surface area contributed by atoms with Crippen molar-refractivity contribution in [2.45, 2.75) is 18.9 Å². The number of likely N-dealkylation sites (tertiary alicyclic amines) is 1. The summed E-state index contributed by atoms with van der Waals surface area (Å²) in [5.74, 6) is -0.911. The molecule has 104 valence electrons. The van der Waals surface area contributed by atoms with E-state index in [-0.39, 0.29) is 0 Å². The third-order valence-electron chi connectivity index (χ3n) is 3.78. The van der Waals surface area contributed by atoms with Gasteiger partial charge in [0.2, 0.25) is 0 Å². The summed E-state index contributed by atoms with van der Waals surface area (Å²) in [6.07, 6.45) is 2.21. The maximum absolute atomic E-state index is 11.3. The fourth-order valence-electron chi connectivity index (χ4n) is 2.67. The number of likely N-dealkylation sites (N-methyl/N-ethyl adjacent to an activating group) is 2. The molecule has 1 atom stereocenters. The number of hydrogen-bond donors (Lipinski definition) is 2. The molecule has 0 aromatic heterocycles. The number of nitrogens with two attached hydrogens (primary N) is 1. The van der Waals surface area contributed by atoms with Crippen molar-refractivity contribution in [2.75, 3.05) is 37.8 Å². The third kappa shape index (κ3) is 2.98. The van der Waals surface area contributed by atoms with Gasteiger partial charge < -0.3 is 20.6 Å². The monoisotopic (exact) mass is 263 g/mol. The van der Waals surface area contributed by atoms with Crippen molar-refractivity contribution in [1.82, 2.24) is 4.90 Å². The van der Waals surface area contributed by atoms with Gasteiger partial charge in [-0.25, -0.2) is 4.79 Å². The molecule has 1 aromatic carbocycles. The number of rotatable bonds is 3. The molecule has 1 fully saturated rings. The van der Waals surface area contributed by atoms with Crippen molar-refractivity contribution in [3.63, 3.8) is 0 Å². The van der Waals surface area contributed by atoms with E-state index in [1.54, 1.807) is 18.2 Å². The minimum atomic E-state index is -0.911. The number of hydrogen-bond acceptors (Lipinski definition) is 4. The molecule has 1 saturated heterocycles. The highest BCUT2D eigenvalue weighted by Gasteiger charge is 2.24. The standard InChI is InChI=1S/C14H21N3O2/c1-16-7-3-4-11(9-16)17(2)13-8-10(15)5-6-12(13)14(18)19/h5-6,8,11H,3-4,7,9,15H2,1-2H3,(H,18,19). The van der Waals surface area contributed by atoms with Gasteiger partial charge in [0, 0.05) is 25.3 Å². The lowest BCUT2D eigenvalue weighted by atomic mass is 10.0. The first-order valence-corrected chi connectivity index (χ1v) is 6.53. The van der Waals surface area contributed by atoms with Crippen LogP contribution in [0.15, 0.2) is 18.2 Å². The summed E-state index contributed by atoms with van der Waals surface area (Å²) in [6, 6.07) is 5.29. The molecule has 0 bridgehead atoms. The second-order valence-electron chi connectivity index (χ2n) is 5.25. The van der Waals surface area contributed by atoms with Gasteiger partial charge in [0.05, 0.1) is 11.3 Å². The van der Waals surface area contributed by atoms with E-state index in [2.05, 4.69) is 16.8 Å². The van der Waals surface area contributed by atoms with Crippen LogP contribution in [0.4, 0.5) is 11.4 Å². The Morgan fingerprint density at radius 3 is 2.89 bits per heavy atom. The predicted octanol–water partition coefficient (Wildman–Crippen LogP) is 1.50. The lowest BCUT2D eigenvalue weighted by Gasteiger charge is -2.37. The fraction of sp³-hybridized carbons (Fsp3) is 0.500. The van der Waals surface area contributed by atoms with Gasteiger partial charge in [-0.1, -0.05) is 0 Å². The highest BCUT2D eigenvalue weighted by atomic mass is 16.4. The zero-order chi connectivity index (χ0) is 14.0. The largest absolute Gasteiger partial charge is 0.478 e. The Balaban J connectivity index is 2.29. The summed E-state index contributed by atoms with van der Waals surface area (Å²) >= 11 is 0. The van der Waals surface area contributed by atoms with Crippen LogP contribution in [0.1, 0.15) is 23.2 Å². The molecule has 2 rings (SSSR count). The molecule has 0 saturated carbocycles. The van der Waals surface area contributed by atoms with Crippen LogP contribution in [0.25, 0.3) is 0 Å². The Bertz CT molecular complexity index is 476. The Kier molecular flexibility index (Phi) is 3.95. The Hall–Kier alpha value is -1.75. The van der Waals surface area contributed by atoms with E-state index in [1.165, 1.54) is 0 Å². The smallest absolute Gasteiger partial charge is 0.337 e. The third-order valence-corrected chi connectivity index (χ3v) is 3.78. The zero-order valence-corrected chi connectivity index (χ0v) is 11.5. The molecule has 1 aliphatic heterocycles. The molecule has 1 aromatic rings. The van der Waals surface area contributed by atoms with Crippen LogP contribution in [-0.4, -0.2) is 49.2 Å². The van der Waals surface area contributed by atoms with Gasteiger partial charge >= 0.3 is 5.97 Å². The van der Waals surface area contributed by atoms with Crippen LogP contribution in [0.3, 0.4) is 0 Å². The van der Waals surface area contributed by atoms with Crippen LogP contribution < -0.4 is 10.6 Å². The maximum Gasteiger partial charge on any atom is 0.337 e. The average Bonchev–Trinajstić information content (AvgIpc) is 2.37. The van der Waals surface area contributed by atoms with Crippen LogP contribution in [0.2, 0.25) is 0 Å². The van der Waals surface area contributed by atoms with Crippen molar-refractivity contribution in [3.05, 3.63) is 23.8 Å². The summed E-state index contributed by atoms with van der Waals surface area (Å²) in [6.45, 7) is 2.05. The maximum atomic E-state index is 11.3. The van der Waals surface area contributed by atoms with Crippen molar-refractivity contribution in [2.24, 2.45) is 0 Å². The van der Waals surface area contributed by atoms with Crippen molar-refractivity contribution < 1.29 is 9.90 Å². The first-order chi connectivity index (χ1) is 8.99. The fourth-order valence-corrected chi connectivity index (χ4v) is 2.67. The van der Waals surface area contributed by atoms with E-state index in [1.807, 2.05) is 7.05 Å². The van der Waals surface area contributed by atoms with Gasteiger partial charge in [-0.3, -0.25) is 0 Å².